The van der Waals surface area contributed by atoms with Crippen molar-refractivity contribution in [3.05, 3.63) is 48.0 Å². The summed E-state index contributed by atoms with van der Waals surface area (Å²) < 4.78 is 5.00. The van der Waals surface area contributed by atoms with E-state index in [4.69, 9.17) is 14.7 Å². The molecule has 1 saturated heterocycles. The summed E-state index contributed by atoms with van der Waals surface area (Å²) in [6.45, 7) is 5.56. The molecular weight excluding hydrogens is 368 g/mol. The van der Waals surface area contributed by atoms with Gasteiger partial charge in [0.2, 0.25) is 0 Å². The van der Waals surface area contributed by atoms with Gasteiger partial charge in [-0.3, -0.25) is 0 Å². The second kappa shape index (κ2) is 7.95. The number of benzene rings is 2. The third-order valence-corrected chi connectivity index (χ3v) is 5.06. The molecule has 0 radical (unpaired) electrons. The molecule has 4 rings (SSSR count). The largest absolute Gasteiger partial charge is 0.507 e. The molecule has 7 heteroatoms. The van der Waals surface area contributed by atoms with Crippen LogP contribution in [0.15, 0.2) is 42.5 Å². The fraction of sp³-hybridized carbons (Fsp3) is 0.318. The summed E-state index contributed by atoms with van der Waals surface area (Å²) >= 11 is 0. The third kappa shape index (κ3) is 3.94. The molecule has 2 N–H and O–H groups in total. The van der Waals surface area contributed by atoms with E-state index in [-0.39, 0.29) is 11.8 Å². The number of ether oxygens (including phenoxy) is 1. The first kappa shape index (κ1) is 19.0. The van der Waals surface area contributed by atoms with Crippen LogP contribution < -0.4 is 10.2 Å². The van der Waals surface area contributed by atoms with Gasteiger partial charge in [-0.2, -0.15) is 0 Å². The molecule has 0 bridgehead atoms. The summed E-state index contributed by atoms with van der Waals surface area (Å²) in [6, 6.07) is 13.2. The van der Waals surface area contributed by atoms with Gasteiger partial charge in [0.1, 0.15) is 11.6 Å². The average molecular weight is 392 g/mol. The van der Waals surface area contributed by atoms with Gasteiger partial charge in [0.05, 0.1) is 23.7 Å². The summed E-state index contributed by atoms with van der Waals surface area (Å²) in [5, 5.41) is 14.1. The quantitative estimate of drug-likeness (QED) is 0.705. The molecular formula is C22H24N4O3. The number of nitrogens with zero attached hydrogens (tertiary/aromatic N) is 3. The number of aromatic hydroxyl groups is 1. The zero-order valence-electron chi connectivity index (χ0n) is 16.6. The second-order valence-corrected chi connectivity index (χ2v) is 7.20. The van der Waals surface area contributed by atoms with Gasteiger partial charge in [0.25, 0.3) is 0 Å². The Morgan fingerprint density at radius 3 is 2.90 bits per heavy atom. The normalized spacial score (nSPS) is 16.2. The lowest BCUT2D eigenvalue weighted by Gasteiger charge is -2.21. The molecule has 1 aliphatic heterocycles. The molecule has 1 unspecified atom stereocenters. The highest BCUT2D eigenvalue weighted by Crippen LogP contribution is 2.33. The number of para-hydroxylation sites is 1. The average Bonchev–Trinajstić information content (AvgIpc) is 3.15. The van der Waals surface area contributed by atoms with E-state index >= 15 is 0 Å². The predicted molar refractivity (Wildman–Crippen MR) is 112 cm³/mol. The van der Waals surface area contributed by atoms with Crippen molar-refractivity contribution in [1.82, 2.24) is 15.3 Å². The SMILES string of the molecule is CCOC(=O)NC1CCN(c2nc(-c3ccccc3O)nc3cc(C)ccc23)C1. The maximum atomic E-state index is 11.8. The Kier molecular flexibility index (Phi) is 5.20. The lowest BCUT2D eigenvalue weighted by atomic mass is 10.1. The molecule has 3 aromatic rings. The van der Waals surface area contributed by atoms with Gasteiger partial charge < -0.3 is 20.1 Å². The van der Waals surface area contributed by atoms with E-state index in [0.29, 0.717) is 24.5 Å². The van der Waals surface area contributed by atoms with E-state index < -0.39 is 6.09 Å². The van der Waals surface area contributed by atoms with Crippen molar-refractivity contribution in [3.8, 4) is 17.1 Å². The monoisotopic (exact) mass is 392 g/mol. The van der Waals surface area contributed by atoms with E-state index in [1.807, 2.05) is 37.3 Å². The number of carbonyl (C=O) groups excluding carboxylic acids is 1. The number of amides is 1. The first-order valence-corrected chi connectivity index (χ1v) is 9.80. The molecule has 29 heavy (non-hydrogen) atoms. The van der Waals surface area contributed by atoms with E-state index in [9.17, 15) is 9.90 Å². The van der Waals surface area contributed by atoms with Gasteiger partial charge in [-0.25, -0.2) is 14.8 Å². The van der Waals surface area contributed by atoms with Crippen LogP contribution in [-0.2, 0) is 4.74 Å². The van der Waals surface area contributed by atoms with Crippen LogP contribution in [0, 0.1) is 6.92 Å². The molecule has 0 aliphatic carbocycles. The molecule has 1 fully saturated rings. The van der Waals surface area contributed by atoms with Crippen LogP contribution >= 0.6 is 0 Å². The second-order valence-electron chi connectivity index (χ2n) is 7.20. The molecule has 2 aromatic carbocycles. The number of alkyl carbamates (subject to hydrolysis) is 1. The highest BCUT2D eigenvalue weighted by Gasteiger charge is 2.27. The smallest absolute Gasteiger partial charge is 0.407 e. The van der Waals surface area contributed by atoms with E-state index in [1.165, 1.54) is 0 Å². The van der Waals surface area contributed by atoms with Crippen molar-refractivity contribution >= 4 is 22.8 Å². The minimum Gasteiger partial charge on any atom is -0.507 e. The zero-order valence-corrected chi connectivity index (χ0v) is 16.6. The standard InChI is InChI=1S/C22H24N4O3/c1-3-29-22(28)23-15-10-11-26(13-15)21-16-9-8-14(2)12-18(16)24-20(25-21)17-6-4-5-7-19(17)27/h4-9,12,15,27H,3,10-11,13H2,1-2H3,(H,23,28). The minimum atomic E-state index is -0.391. The minimum absolute atomic E-state index is 0.00177. The zero-order chi connectivity index (χ0) is 20.4. The molecule has 150 valence electrons. The predicted octanol–water partition coefficient (Wildman–Crippen LogP) is 3.64. The van der Waals surface area contributed by atoms with E-state index in [2.05, 4.69) is 10.2 Å². The summed E-state index contributed by atoms with van der Waals surface area (Å²) in [5.41, 5.74) is 2.53. The number of aromatic nitrogens is 2. The van der Waals surface area contributed by atoms with Crippen LogP contribution in [0.2, 0.25) is 0 Å². The fourth-order valence-electron chi connectivity index (χ4n) is 3.66. The van der Waals surface area contributed by atoms with Gasteiger partial charge in [-0.1, -0.05) is 18.2 Å². The molecule has 7 nitrogen and oxygen atoms in total. The van der Waals surface area contributed by atoms with Crippen molar-refractivity contribution < 1.29 is 14.6 Å². The van der Waals surface area contributed by atoms with Gasteiger partial charge in [-0.15, -0.1) is 0 Å². The fourth-order valence-corrected chi connectivity index (χ4v) is 3.66. The summed E-state index contributed by atoms with van der Waals surface area (Å²) in [6.07, 6.45) is 0.416. The van der Waals surface area contributed by atoms with Crippen LogP contribution in [0.1, 0.15) is 18.9 Å². The first-order chi connectivity index (χ1) is 14.0. The molecule has 0 saturated carbocycles. The van der Waals surface area contributed by atoms with E-state index in [1.54, 1.807) is 19.1 Å². The maximum absolute atomic E-state index is 11.8. The number of phenolic OH excluding ortho intramolecular Hbond substituents is 1. The van der Waals surface area contributed by atoms with Crippen molar-refractivity contribution in [2.45, 2.75) is 26.3 Å². The number of phenols is 1. The van der Waals surface area contributed by atoms with Crippen LogP contribution in [0.5, 0.6) is 5.75 Å². The lowest BCUT2D eigenvalue weighted by molar-refractivity contribution is 0.149. The Labute approximate surface area is 169 Å². The number of nitrogens with one attached hydrogen (secondary N) is 1. The van der Waals surface area contributed by atoms with Crippen molar-refractivity contribution in [1.29, 1.82) is 0 Å². The number of hydrogen-bond donors (Lipinski definition) is 2. The van der Waals surface area contributed by atoms with Gasteiger partial charge in [0.15, 0.2) is 5.82 Å². The van der Waals surface area contributed by atoms with Crippen molar-refractivity contribution in [2.24, 2.45) is 0 Å². The molecule has 2 heterocycles. The van der Waals surface area contributed by atoms with Crippen molar-refractivity contribution in [2.75, 3.05) is 24.6 Å². The Balaban J connectivity index is 1.72. The van der Waals surface area contributed by atoms with Gasteiger partial charge >= 0.3 is 6.09 Å². The highest BCUT2D eigenvalue weighted by atomic mass is 16.5. The number of anilines is 1. The summed E-state index contributed by atoms with van der Waals surface area (Å²) in [5.74, 6) is 1.44. The van der Waals surface area contributed by atoms with Crippen molar-refractivity contribution in [3.63, 3.8) is 0 Å². The molecule has 1 aliphatic rings. The Hall–Kier alpha value is -3.35. The van der Waals surface area contributed by atoms with Gasteiger partial charge in [0, 0.05) is 18.5 Å². The number of rotatable bonds is 4. The number of aryl methyl sites for hydroxylation is 1. The number of carbonyl (C=O) groups is 1. The van der Waals surface area contributed by atoms with Crippen LogP contribution in [0.3, 0.4) is 0 Å². The molecule has 1 atom stereocenters. The van der Waals surface area contributed by atoms with Crippen LogP contribution in [-0.4, -0.2) is 46.9 Å². The maximum Gasteiger partial charge on any atom is 0.407 e. The molecule has 0 spiro atoms. The Morgan fingerprint density at radius 1 is 1.28 bits per heavy atom. The lowest BCUT2D eigenvalue weighted by Crippen LogP contribution is -2.37. The number of hydrogen-bond acceptors (Lipinski definition) is 6. The molecule has 1 aromatic heterocycles. The first-order valence-electron chi connectivity index (χ1n) is 9.80. The Bertz CT molecular complexity index is 1050. The summed E-state index contributed by atoms with van der Waals surface area (Å²) in [7, 11) is 0. The Morgan fingerprint density at radius 2 is 2.10 bits per heavy atom. The third-order valence-electron chi connectivity index (χ3n) is 5.06. The highest BCUT2D eigenvalue weighted by molar-refractivity contribution is 5.92. The topological polar surface area (TPSA) is 87.6 Å². The number of fused-ring (bicyclic) bond motifs is 1. The molecule has 1 amide bonds. The summed E-state index contributed by atoms with van der Waals surface area (Å²) in [4.78, 5) is 23.4. The van der Waals surface area contributed by atoms with Gasteiger partial charge in [-0.05, 0) is 50.1 Å². The van der Waals surface area contributed by atoms with Crippen LogP contribution in [0.4, 0.5) is 10.6 Å². The van der Waals surface area contributed by atoms with Crippen LogP contribution in [0.25, 0.3) is 22.3 Å². The van der Waals surface area contributed by atoms with E-state index in [0.717, 1.165) is 35.2 Å².